The molecule has 2 unspecified atom stereocenters. The third-order valence-electron chi connectivity index (χ3n) is 10.1. The molecule has 0 spiro atoms. The van der Waals surface area contributed by atoms with Gasteiger partial charge < -0.3 is 9.80 Å². The van der Waals surface area contributed by atoms with E-state index in [2.05, 4.69) is 14.8 Å². The molecule has 3 saturated heterocycles. The van der Waals surface area contributed by atoms with Gasteiger partial charge in [0.25, 0.3) is 11.8 Å². The van der Waals surface area contributed by atoms with Crippen LogP contribution in [0.15, 0.2) is 73.1 Å². The Hall–Kier alpha value is -3.97. The maximum atomic E-state index is 13.7. The van der Waals surface area contributed by atoms with Gasteiger partial charge in [0.15, 0.2) is 0 Å². The molecule has 49 heavy (non-hydrogen) atoms. The number of rotatable bonds is 6. The van der Waals surface area contributed by atoms with E-state index in [0.717, 1.165) is 44.6 Å². The van der Waals surface area contributed by atoms with Crippen molar-refractivity contribution in [2.45, 2.75) is 62.6 Å². The lowest BCUT2D eigenvalue weighted by molar-refractivity contribution is -0.143. The number of benzene rings is 2. The van der Waals surface area contributed by atoms with Gasteiger partial charge in [0.05, 0.1) is 16.7 Å². The summed E-state index contributed by atoms with van der Waals surface area (Å²) >= 11 is 0. The van der Waals surface area contributed by atoms with E-state index in [9.17, 15) is 35.9 Å². The van der Waals surface area contributed by atoms with E-state index in [-0.39, 0.29) is 24.6 Å². The number of piperazine rings is 1. The smallest absolute Gasteiger partial charge is 0.338 e. The Morgan fingerprint density at radius 3 is 1.84 bits per heavy atom. The first-order valence-corrected chi connectivity index (χ1v) is 16.7. The molecular weight excluding hydrogens is 648 g/mol. The van der Waals surface area contributed by atoms with Crippen molar-refractivity contribution in [2.24, 2.45) is 0 Å². The lowest BCUT2D eigenvalue weighted by atomic mass is 9.90. The standard InChI is InChI=1S/C36H39F6N5O2/c37-35(38,39)28-20-27(21-29(22-28)36(40,41)42)34(49)47-14-10-31(23-32(47)19-25-5-2-1-3-6-25)45-17-15-44(16-18-45)30-8-12-46(13-9-30)33(48)26-7-4-11-43-24-26/h1-7,11,20-22,24,30-32H,8-10,12-19,23H2. The topological polar surface area (TPSA) is 60.0 Å². The van der Waals surface area contributed by atoms with Crippen LogP contribution in [0, 0.1) is 0 Å². The molecule has 0 N–H and O–H groups in total. The van der Waals surface area contributed by atoms with Crippen LogP contribution in [-0.4, -0.2) is 100 Å². The van der Waals surface area contributed by atoms with Crippen molar-refractivity contribution < 1.29 is 35.9 Å². The molecule has 262 valence electrons. The summed E-state index contributed by atoms with van der Waals surface area (Å²) in [6.07, 6.45) is -3.51. The summed E-state index contributed by atoms with van der Waals surface area (Å²) in [6, 6.07) is 14.1. The minimum Gasteiger partial charge on any atom is -0.338 e. The van der Waals surface area contributed by atoms with Gasteiger partial charge in [-0.15, -0.1) is 0 Å². The molecule has 3 aliphatic heterocycles. The number of alkyl halides is 6. The summed E-state index contributed by atoms with van der Waals surface area (Å²) < 4.78 is 81.6. The molecular formula is C36H39F6N5O2. The van der Waals surface area contributed by atoms with Gasteiger partial charge >= 0.3 is 12.4 Å². The Morgan fingerprint density at radius 2 is 1.27 bits per heavy atom. The molecule has 3 fully saturated rings. The first kappa shape index (κ1) is 34.9. The van der Waals surface area contributed by atoms with Crippen LogP contribution in [0.1, 0.15) is 63.1 Å². The molecule has 2 amide bonds. The third-order valence-corrected chi connectivity index (χ3v) is 10.1. The van der Waals surface area contributed by atoms with E-state index >= 15 is 0 Å². The zero-order valence-corrected chi connectivity index (χ0v) is 27.0. The Labute approximate surface area is 281 Å². The van der Waals surface area contributed by atoms with Crippen molar-refractivity contribution in [1.29, 1.82) is 0 Å². The fraction of sp³-hybridized carbons (Fsp3) is 0.472. The zero-order valence-electron chi connectivity index (χ0n) is 27.0. The zero-order chi connectivity index (χ0) is 34.8. The summed E-state index contributed by atoms with van der Waals surface area (Å²) in [5.74, 6) is -0.825. The number of piperidine rings is 2. The molecule has 0 saturated carbocycles. The lowest BCUT2D eigenvalue weighted by Crippen LogP contribution is -2.58. The quantitative estimate of drug-likeness (QED) is 0.287. The highest BCUT2D eigenvalue weighted by molar-refractivity contribution is 5.95. The molecule has 2 aromatic carbocycles. The number of carbonyl (C=O) groups is 2. The maximum absolute atomic E-state index is 13.7. The molecule has 6 rings (SSSR count). The van der Waals surface area contributed by atoms with E-state index in [0.29, 0.717) is 56.1 Å². The molecule has 3 aliphatic rings. The van der Waals surface area contributed by atoms with Crippen LogP contribution in [0.3, 0.4) is 0 Å². The summed E-state index contributed by atoms with van der Waals surface area (Å²) in [6.45, 7) is 4.93. The predicted molar refractivity (Wildman–Crippen MR) is 171 cm³/mol. The second-order valence-electron chi connectivity index (χ2n) is 13.2. The number of halogens is 6. The SMILES string of the molecule is O=C(c1cccnc1)N1CCC(N2CCN(C3CCN(C(=O)c4cc(C(F)(F)F)cc(C(F)(F)F)c4)C(Cc4ccccc4)C3)CC2)CC1. The molecule has 7 nitrogen and oxygen atoms in total. The second-order valence-corrected chi connectivity index (χ2v) is 13.2. The van der Waals surface area contributed by atoms with E-state index in [4.69, 9.17) is 0 Å². The summed E-state index contributed by atoms with van der Waals surface area (Å²) in [5, 5.41) is 0. The fourth-order valence-corrected chi connectivity index (χ4v) is 7.53. The minimum absolute atomic E-state index is 0.0000920. The van der Waals surface area contributed by atoms with E-state index in [1.165, 1.54) is 4.90 Å². The number of hydrogen-bond acceptors (Lipinski definition) is 5. The minimum atomic E-state index is -5.04. The average molecular weight is 688 g/mol. The molecule has 13 heteroatoms. The molecule has 2 atom stereocenters. The van der Waals surface area contributed by atoms with Crippen LogP contribution in [0.2, 0.25) is 0 Å². The lowest BCUT2D eigenvalue weighted by Gasteiger charge is -2.48. The van der Waals surface area contributed by atoms with E-state index in [1.807, 2.05) is 35.2 Å². The average Bonchev–Trinajstić information content (AvgIpc) is 3.11. The van der Waals surface area contributed by atoms with Gasteiger partial charge in [-0.05, 0) is 68.0 Å². The van der Waals surface area contributed by atoms with Crippen molar-refractivity contribution in [2.75, 3.05) is 45.8 Å². The Kier molecular flexibility index (Phi) is 10.3. The molecule has 0 bridgehead atoms. The van der Waals surface area contributed by atoms with Gasteiger partial charge in [-0.25, -0.2) is 0 Å². The van der Waals surface area contributed by atoms with Gasteiger partial charge in [0.1, 0.15) is 0 Å². The summed E-state index contributed by atoms with van der Waals surface area (Å²) in [4.78, 5) is 38.9. The highest BCUT2D eigenvalue weighted by Crippen LogP contribution is 2.37. The van der Waals surface area contributed by atoms with Gasteiger partial charge in [-0.1, -0.05) is 30.3 Å². The first-order chi connectivity index (χ1) is 23.4. The first-order valence-electron chi connectivity index (χ1n) is 16.7. The number of nitrogens with zero attached hydrogens (tertiary/aromatic N) is 5. The van der Waals surface area contributed by atoms with Crippen LogP contribution in [-0.2, 0) is 18.8 Å². The molecule has 1 aromatic heterocycles. The number of aromatic nitrogens is 1. The monoisotopic (exact) mass is 687 g/mol. The van der Waals surface area contributed by atoms with Crippen LogP contribution < -0.4 is 0 Å². The van der Waals surface area contributed by atoms with Gasteiger partial charge in [-0.2, -0.15) is 26.3 Å². The third kappa shape index (κ3) is 8.26. The Morgan fingerprint density at radius 1 is 0.673 bits per heavy atom. The van der Waals surface area contributed by atoms with Crippen molar-refractivity contribution >= 4 is 11.8 Å². The van der Waals surface area contributed by atoms with Crippen molar-refractivity contribution in [3.05, 3.63) is 101 Å². The normalized spacial score (nSPS) is 21.9. The van der Waals surface area contributed by atoms with Crippen molar-refractivity contribution in [1.82, 2.24) is 24.6 Å². The number of carbonyl (C=O) groups excluding carboxylic acids is 2. The number of amides is 2. The summed E-state index contributed by atoms with van der Waals surface area (Å²) in [7, 11) is 0. The van der Waals surface area contributed by atoms with Gasteiger partial charge in [-0.3, -0.25) is 24.4 Å². The molecule has 0 aliphatic carbocycles. The Bertz CT molecular complexity index is 1550. The second kappa shape index (κ2) is 14.5. The number of likely N-dealkylation sites (tertiary alicyclic amines) is 2. The largest absolute Gasteiger partial charge is 0.416 e. The van der Waals surface area contributed by atoms with Gasteiger partial charge in [0.2, 0.25) is 0 Å². The highest BCUT2D eigenvalue weighted by Gasteiger charge is 2.40. The fourth-order valence-electron chi connectivity index (χ4n) is 7.53. The number of hydrogen-bond donors (Lipinski definition) is 0. The van der Waals surface area contributed by atoms with E-state index in [1.54, 1.807) is 24.5 Å². The van der Waals surface area contributed by atoms with Crippen molar-refractivity contribution in [3.8, 4) is 0 Å². The molecule has 0 radical (unpaired) electrons. The summed E-state index contributed by atoms with van der Waals surface area (Å²) in [5.41, 5.74) is -2.08. The Balaban J connectivity index is 1.11. The van der Waals surface area contributed by atoms with Crippen molar-refractivity contribution in [3.63, 3.8) is 0 Å². The van der Waals surface area contributed by atoms with Crippen LogP contribution in [0.4, 0.5) is 26.3 Å². The van der Waals surface area contributed by atoms with Crippen LogP contribution in [0.5, 0.6) is 0 Å². The van der Waals surface area contributed by atoms with Crippen LogP contribution in [0.25, 0.3) is 0 Å². The highest BCUT2D eigenvalue weighted by atomic mass is 19.4. The number of pyridine rings is 1. The molecule has 4 heterocycles. The maximum Gasteiger partial charge on any atom is 0.416 e. The van der Waals surface area contributed by atoms with E-state index < -0.39 is 41.0 Å². The molecule has 3 aromatic rings. The van der Waals surface area contributed by atoms with Gasteiger partial charge in [0, 0.05) is 81.9 Å². The van der Waals surface area contributed by atoms with Crippen LogP contribution >= 0.6 is 0 Å². The predicted octanol–water partition coefficient (Wildman–Crippen LogP) is 6.26.